The van der Waals surface area contributed by atoms with Crippen LogP contribution >= 0.6 is 0 Å². The summed E-state index contributed by atoms with van der Waals surface area (Å²) in [5, 5.41) is 16.1. The second-order valence-electron chi connectivity index (χ2n) is 11.2. The first-order valence-corrected chi connectivity index (χ1v) is 14.7. The molecule has 11 nitrogen and oxygen atoms in total. The van der Waals surface area contributed by atoms with Crippen molar-refractivity contribution in [1.29, 1.82) is 0 Å². The Bertz CT molecular complexity index is 1720. The molecule has 2 unspecified atom stereocenters. The van der Waals surface area contributed by atoms with E-state index in [9.17, 15) is 9.59 Å². The highest BCUT2D eigenvalue weighted by atomic mass is 16.5. The van der Waals surface area contributed by atoms with E-state index >= 15 is 0 Å². The number of hydrogen-bond donors (Lipinski definition) is 3. The fraction of sp³-hybridized carbons (Fsp3) is 0.303. The summed E-state index contributed by atoms with van der Waals surface area (Å²) in [6, 6.07) is 20.8. The summed E-state index contributed by atoms with van der Waals surface area (Å²) in [6.07, 6.45) is 0. The van der Waals surface area contributed by atoms with E-state index in [0.29, 0.717) is 36.1 Å². The van der Waals surface area contributed by atoms with Gasteiger partial charge in [-0.15, -0.1) is 0 Å². The molecule has 0 radical (unpaired) electrons. The number of morpholine rings is 1. The largest absolute Gasteiger partial charge is 0.378 e. The Morgan fingerprint density at radius 1 is 0.864 bits per heavy atom. The maximum Gasteiger partial charge on any atom is 0.323 e. The number of rotatable bonds is 6. The Hall–Kier alpha value is -5.03. The second-order valence-corrected chi connectivity index (χ2v) is 11.2. The smallest absolute Gasteiger partial charge is 0.323 e. The van der Waals surface area contributed by atoms with Gasteiger partial charge in [0.05, 0.1) is 24.8 Å². The molecule has 3 amide bonds. The van der Waals surface area contributed by atoms with E-state index in [1.165, 1.54) is 12.5 Å². The van der Waals surface area contributed by atoms with Gasteiger partial charge in [0.1, 0.15) is 5.82 Å². The number of hydrazone groups is 1. The average Bonchev–Trinajstić information content (AvgIpc) is 3.28. The first-order chi connectivity index (χ1) is 21.2. The standard InChI is InChI=1S/C33H36N8O3/c1-20-30(21(2)40(4)39-20)24-7-14-28-29(19-24)37-31(38-32(28)41-15-17-44-18-16-41)23-5-8-26(9-6-23)35-33(43)36-27-12-10-25(11-13-27)34-22(3)42/h5-14,19,21,30H,15-18H2,1-4H3,(H,34,42)(H2,35,36,43). The van der Waals surface area contributed by atoms with Crippen molar-refractivity contribution in [2.24, 2.45) is 5.10 Å². The minimum absolute atomic E-state index is 0.153. The van der Waals surface area contributed by atoms with Crippen LogP contribution in [0.1, 0.15) is 32.3 Å². The highest BCUT2D eigenvalue weighted by Gasteiger charge is 2.31. The number of fused-ring (bicyclic) bond motifs is 1. The molecule has 1 aromatic heterocycles. The van der Waals surface area contributed by atoms with Gasteiger partial charge in [-0.05, 0) is 80.1 Å². The zero-order valence-corrected chi connectivity index (χ0v) is 25.3. The topological polar surface area (TPSA) is 124 Å². The summed E-state index contributed by atoms with van der Waals surface area (Å²) >= 11 is 0. The molecule has 2 atom stereocenters. The number of likely N-dealkylation sites (N-methyl/N-ethyl adjacent to an activating group) is 1. The number of anilines is 4. The maximum atomic E-state index is 12.6. The van der Waals surface area contributed by atoms with Crippen molar-refractivity contribution >= 4 is 51.4 Å². The molecule has 2 aliphatic rings. The van der Waals surface area contributed by atoms with E-state index in [0.717, 1.165) is 41.1 Å². The van der Waals surface area contributed by atoms with Crippen LogP contribution in [0.4, 0.5) is 27.7 Å². The summed E-state index contributed by atoms with van der Waals surface area (Å²) in [5.74, 6) is 1.56. The van der Waals surface area contributed by atoms with E-state index in [-0.39, 0.29) is 23.9 Å². The van der Waals surface area contributed by atoms with Crippen LogP contribution < -0.4 is 20.9 Å². The molecule has 0 aliphatic carbocycles. The van der Waals surface area contributed by atoms with Crippen LogP contribution in [0.25, 0.3) is 22.3 Å². The molecule has 0 bridgehead atoms. The third-order valence-electron chi connectivity index (χ3n) is 8.07. The SMILES string of the molecule is CC(=O)Nc1ccc(NC(=O)Nc2ccc(-c3nc(N4CCOCC4)c4ccc(C5C(C)=NN(C)C5C)cc4n3)cc2)cc1. The third-order valence-corrected chi connectivity index (χ3v) is 8.07. The number of nitrogens with one attached hydrogen (secondary N) is 3. The van der Waals surface area contributed by atoms with Crippen LogP contribution in [0.2, 0.25) is 0 Å². The van der Waals surface area contributed by atoms with Gasteiger partial charge in [0.15, 0.2) is 5.82 Å². The fourth-order valence-corrected chi connectivity index (χ4v) is 5.79. The minimum Gasteiger partial charge on any atom is -0.378 e. The molecule has 44 heavy (non-hydrogen) atoms. The van der Waals surface area contributed by atoms with Crippen molar-refractivity contribution < 1.29 is 14.3 Å². The summed E-state index contributed by atoms with van der Waals surface area (Å²) in [5.41, 5.74) is 5.90. The van der Waals surface area contributed by atoms with Crippen LogP contribution in [-0.2, 0) is 9.53 Å². The van der Waals surface area contributed by atoms with Gasteiger partial charge in [0, 0.05) is 66.7 Å². The lowest BCUT2D eigenvalue weighted by Crippen LogP contribution is -2.37. The molecule has 4 aromatic rings. The molecule has 2 aliphatic heterocycles. The van der Waals surface area contributed by atoms with Gasteiger partial charge in [-0.1, -0.05) is 6.07 Å². The molecule has 3 aromatic carbocycles. The van der Waals surface area contributed by atoms with Crippen LogP contribution in [-0.4, -0.2) is 72.0 Å². The Morgan fingerprint density at radius 3 is 2.07 bits per heavy atom. The number of amides is 3. The number of aromatic nitrogens is 2. The highest BCUT2D eigenvalue weighted by Crippen LogP contribution is 2.35. The summed E-state index contributed by atoms with van der Waals surface area (Å²) < 4.78 is 5.61. The van der Waals surface area contributed by atoms with Crippen LogP contribution in [0.15, 0.2) is 71.8 Å². The second kappa shape index (κ2) is 12.3. The molecule has 3 heterocycles. The summed E-state index contributed by atoms with van der Waals surface area (Å²) in [7, 11) is 2.01. The Labute approximate surface area is 256 Å². The van der Waals surface area contributed by atoms with Crippen LogP contribution in [0.3, 0.4) is 0 Å². The highest BCUT2D eigenvalue weighted by molar-refractivity contribution is 6.00. The molecular weight excluding hydrogens is 556 g/mol. The zero-order chi connectivity index (χ0) is 30.8. The lowest BCUT2D eigenvalue weighted by molar-refractivity contribution is -0.114. The van der Waals surface area contributed by atoms with Crippen molar-refractivity contribution in [1.82, 2.24) is 15.0 Å². The number of benzene rings is 3. The van der Waals surface area contributed by atoms with Gasteiger partial charge < -0.3 is 25.6 Å². The normalized spacial score (nSPS) is 18.2. The van der Waals surface area contributed by atoms with E-state index < -0.39 is 0 Å². The number of hydrogen-bond acceptors (Lipinski definition) is 8. The molecule has 1 saturated heterocycles. The molecule has 1 fully saturated rings. The summed E-state index contributed by atoms with van der Waals surface area (Å²) in [4.78, 5) is 36.2. The number of nitrogens with zero attached hydrogens (tertiary/aromatic N) is 5. The summed E-state index contributed by atoms with van der Waals surface area (Å²) in [6.45, 7) is 8.56. The van der Waals surface area contributed by atoms with Crippen LogP contribution in [0, 0.1) is 0 Å². The molecule has 3 N–H and O–H groups in total. The lowest BCUT2D eigenvalue weighted by atomic mass is 9.89. The van der Waals surface area contributed by atoms with Crippen LogP contribution in [0.5, 0.6) is 0 Å². The number of carbonyl (C=O) groups is 2. The number of carbonyl (C=O) groups excluding carboxylic acids is 2. The third kappa shape index (κ3) is 6.18. The number of ether oxygens (including phenoxy) is 1. The van der Waals surface area contributed by atoms with Gasteiger partial charge >= 0.3 is 6.03 Å². The monoisotopic (exact) mass is 592 g/mol. The Morgan fingerprint density at radius 2 is 1.48 bits per heavy atom. The van der Waals surface area contributed by atoms with Gasteiger partial charge in [-0.25, -0.2) is 14.8 Å². The van der Waals surface area contributed by atoms with E-state index in [2.05, 4.69) is 58.0 Å². The molecule has 0 saturated carbocycles. The average molecular weight is 593 g/mol. The minimum atomic E-state index is -0.375. The number of urea groups is 1. The van der Waals surface area contributed by atoms with Crippen molar-refractivity contribution in [3.8, 4) is 11.4 Å². The molecule has 226 valence electrons. The molecular formula is C33H36N8O3. The first-order valence-electron chi connectivity index (χ1n) is 14.7. The van der Waals surface area contributed by atoms with Crippen molar-refractivity contribution in [2.45, 2.75) is 32.7 Å². The van der Waals surface area contributed by atoms with Gasteiger partial charge in [-0.3, -0.25) is 9.80 Å². The Balaban J connectivity index is 1.25. The van der Waals surface area contributed by atoms with Gasteiger partial charge in [0.2, 0.25) is 5.91 Å². The predicted molar refractivity (Wildman–Crippen MR) is 174 cm³/mol. The van der Waals surface area contributed by atoms with E-state index in [1.54, 1.807) is 24.3 Å². The van der Waals surface area contributed by atoms with Crippen molar-refractivity contribution in [2.75, 3.05) is 54.2 Å². The van der Waals surface area contributed by atoms with Crippen molar-refractivity contribution in [3.63, 3.8) is 0 Å². The predicted octanol–water partition coefficient (Wildman–Crippen LogP) is 5.53. The maximum absolute atomic E-state index is 12.6. The van der Waals surface area contributed by atoms with E-state index in [1.807, 2.05) is 36.3 Å². The Kier molecular flexibility index (Phi) is 8.12. The fourth-order valence-electron chi connectivity index (χ4n) is 5.79. The molecule has 6 rings (SSSR count). The molecule has 0 spiro atoms. The van der Waals surface area contributed by atoms with Gasteiger partial charge in [0.25, 0.3) is 0 Å². The van der Waals surface area contributed by atoms with Gasteiger partial charge in [-0.2, -0.15) is 5.10 Å². The molecule has 11 heteroatoms. The zero-order valence-electron chi connectivity index (χ0n) is 25.3. The van der Waals surface area contributed by atoms with Crippen molar-refractivity contribution in [3.05, 3.63) is 72.3 Å². The van der Waals surface area contributed by atoms with E-state index in [4.69, 9.17) is 14.7 Å². The quantitative estimate of drug-likeness (QED) is 0.269. The first kappa shape index (κ1) is 29.1. The lowest BCUT2D eigenvalue weighted by Gasteiger charge is -2.29.